The summed E-state index contributed by atoms with van der Waals surface area (Å²) in [7, 11) is -3.40. The number of hydrogen-bond acceptors (Lipinski definition) is 6. The van der Waals surface area contributed by atoms with E-state index < -0.39 is 15.9 Å². The number of nitrogens with one attached hydrogen (secondary N) is 1. The first-order valence-corrected chi connectivity index (χ1v) is 9.37. The van der Waals surface area contributed by atoms with Crippen molar-refractivity contribution in [3.8, 4) is 0 Å². The number of rotatable bonds is 6. The van der Waals surface area contributed by atoms with Crippen molar-refractivity contribution in [2.75, 3.05) is 5.75 Å². The minimum atomic E-state index is -3.40. The van der Waals surface area contributed by atoms with E-state index >= 15 is 0 Å². The summed E-state index contributed by atoms with van der Waals surface area (Å²) >= 11 is 1.62. The summed E-state index contributed by atoms with van der Waals surface area (Å²) in [6.07, 6.45) is 1.44. The van der Waals surface area contributed by atoms with Crippen LogP contribution in [0.1, 0.15) is 17.4 Å². The van der Waals surface area contributed by atoms with Crippen LogP contribution in [0.4, 0.5) is 0 Å². The van der Waals surface area contributed by atoms with Crippen LogP contribution in [0, 0.1) is 0 Å². The number of furan rings is 1. The van der Waals surface area contributed by atoms with Gasteiger partial charge in [-0.25, -0.2) is 8.42 Å². The molecule has 3 aromatic rings. The van der Waals surface area contributed by atoms with E-state index in [1.54, 1.807) is 23.5 Å². The van der Waals surface area contributed by atoms with Crippen molar-refractivity contribution in [2.45, 2.75) is 11.8 Å². The number of fused-ring (bicyclic) bond motifs is 1. The van der Waals surface area contributed by atoms with Crippen LogP contribution in [0.3, 0.4) is 0 Å². The molecule has 0 saturated heterocycles. The van der Waals surface area contributed by atoms with Gasteiger partial charge < -0.3 is 9.62 Å². The zero-order valence-electron chi connectivity index (χ0n) is 11.6. The third kappa shape index (κ3) is 3.38. The van der Waals surface area contributed by atoms with Crippen LogP contribution >= 0.6 is 11.3 Å². The van der Waals surface area contributed by atoms with E-state index in [9.17, 15) is 8.42 Å². The fraction of sp³-hybridized carbons (Fsp3) is 0.200. The molecule has 0 amide bonds. The van der Waals surface area contributed by atoms with Crippen LogP contribution in [0.25, 0.3) is 10.1 Å². The van der Waals surface area contributed by atoms with Gasteiger partial charge in [-0.1, -0.05) is 6.07 Å². The van der Waals surface area contributed by atoms with Crippen LogP contribution in [0.5, 0.6) is 0 Å². The molecule has 5 nitrogen and oxygen atoms in total. The third-order valence-electron chi connectivity index (χ3n) is 3.37. The van der Waals surface area contributed by atoms with Gasteiger partial charge in [0.1, 0.15) is 11.8 Å². The van der Waals surface area contributed by atoms with Crippen molar-refractivity contribution in [3.63, 3.8) is 0 Å². The largest absolute Gasteiger partial charge is 0.468 e. The van der Waals surface area contributed by atoms with Crippen molar-refractivity contribution >= 4 is 31.3 Å². The Morgan fingerprint density at radius 3 is 2.86 bits per heavy atom. The molecule has 7 heteroatoms. The summed E-state index contributed by atoms with van der Waals surface area (Å²) in [5.74, 6) is 0.0791. The molecule has 0 unspecified atom stereocenters. The highest BCUT2D eigenvalue weighted by Gasteiger charge is 2.23. The predicted octanol–water partition coefficient (Wildman–Crippen LogP) is 3.13. The SMILES string of the molecule is O=S(=O)(Cc1ccc2sccc2c1)C[C@@H](NO)c1ccco1. The zero-order valence-corrected chi connectivity index (χ0v) is 13.2. The molecule has 0 fully saturated rings. The standard InChI is InChI=1S/C15H15NO4S2/c17-16-13(14-2-1-6-20-14)10-22(18,19)9-11-3-4-15-12(8-11)5-7-21-15/h1-8,13,16-17H,9-10H2/t13-/m1/s1. The number of hydrogen-bond donors (Lipinski definition) is 2. The average Bonchev–Trinajstić information content (AvgIpc) is 3.15. The van der Waals surface area contributed by atoms with Crippen LogP contribution in [0.2, 0.25) is 0 Å². The van der Waals surface area contributed by atoms with Gasteiger partial charge in [0.05, 0.1) is 17.8 Å². The summed E-state index contributed by atoms with van der Waals surface area (Å²) in [5.41, 5.74) is 2.74. The molecule has 22 heavy (non-hydrogen) atoms. The van der Waals surface area contributed by atoms with E-state index in [2.05, 4.69) is 0 Å². The summed E-state index contributed by atoms with van der Waals surface area (Å²) in [6, 6.07) is 10.1. The first-order chi connectivity index (χ1) is 10.6. The molecule has 0 aliphatic heterocycles. The maximum atomic E-state index is 12.3. The molecular formula is C15H15NO4S2. The Balaban J connectivity index is 1.77. The number of sulfone groups is 1. The second kappa shape index (κ2) is 6.21. The lowest BCUT2D eigenvalue weighted by Crippen LogP contribution is -2.26. The lowest BCUT2D eigenvalue weighted by molar-refractivity contribution is 0.124. The predicted molar refractivity (Wildman–Crippen MR) is 85.7 cm³/mol. The van der Waals surface area contributed by atoms with Crippen LogP contribution in [-0.2, 0) is 15.6 Å². The topological polar surface area (TPSA) is 79.5 Å². The fourth-order valence-electron chi connectivity index (χ4n) is 2.35. The number of thiophene rings is 1. The van der Waals surface area contributed by atoms with Gasteiger partial charge in [0.2, 0.25) is 0 Å². The van der Waals surface area contributed by atoms with E-state index in [1.807, 2.05) is 35.1 Å². The summed E-state index contributed by atoms with van der Waals surface area (Å²) in [5, 5.41) is 12.2. The lowest BCUT2D eigenvalue weighted by atomic mass is 10.2. The van der Waals surface area contributed by atoms with E-state index in [1.165, 1.54) is 6.26 Å². The van der Waals surface area contributed by atoms with Crippen molar-refractivity contribution < 1.29 is 18.0 Å². The van der Waals surface area contributed by atoms with Crippen molar-refractivity contribution in [1.29, 1.82) is 0 Å². The van der Waals surface area contributed by atoms with Crippen LogP contribution in [0.15, 0.2) is 52.5 Å². The molecule has 3 rings (SSSR count). The Labute approximate surface area is 132 Å². The monoisotopic (exact) mass is 337 g/mol. The molecule has 2 N–H and O–H groups in total. The molecule has 0 radical (unpaired) electrons. The van der Waals surface area contributed by atoms with Gasteiger partial charge in [-0.15, -0.1) is 11.3 Å². The minimum absolute atomic E-state index is 0.0718. The van der Waals surface area contributed by atoms with Gasteiger partial charge in [-0.05, 0) is 46.7 Å². The van der Waals surface area contributed by atoms with Gasteiger partial charge >= 0.3 is 0 Å². The molecule has 1 atom stereocenters. The fourth-order valence-corrected chi connectivity index (χ4v) is 4.67. The Hall–Kier alpha value is -1.67. The summed E-state index contributed by atoms with van der Waals surface area (Å²) < 4.78 is 31.0. The number of hydroxylamine groups is 1. The summed E-state index contributed by atoms with van der Waals surface area (Å²) in [6.45, 7) is 0. The van der Waals surface area contributed by atoms with Crippen molar-refractivity contribution in [3.05, 3.63) is 59.4 Å². The van der Waals surface area contributed by atoms with Gasteiger partial charge in [-0.3, -0.25) is 0 Å². The Bertz CT molecular complexity index is 853. The van der Waals surface area contributed by atoms with Crippen molar-refractivity contribution in [2.24, 2.45) is 0 Å². The molecule has 2 aromatic heterocycles. The highest BCUT2D eigenvalue weighted by Crippen LogP contribution is 2.24. The van der Waals surface area contributed by atoms with E-state index in [-0.39, 0.29) is 11.5 Å². The molecule has 1 aromatic carbocycles. The van der Waals surface area contributed by atoms with Gasteiger partial charge in [0.15, 0.2) is 9.84 Å². The second-order valence-corrected chi connectivity index (χ2v) is 8.10. The summed E-state index contributed by atoms with van der Waals surface area (Å²) in [4.78, 5) is 0. The van der Waals surface area contributed by atoms with Gasteiger partial charge in [-0.2, -0.15) is 5.48 Å². The molecule has 0 aliphatic carbocycles. The second-order valence-electron chi connectivity index (χ2n) is 5.04. The third-order valence-corrected chi connectivity index (χ3v) is 5.88. The first-order valence-electron chi connectivity index (χ1n) is 6.67. The molecule has 0 saturated carbocycles. The van der Waals surface area contributed by atoms with Gasteiger partial charge in [0.25, 0.3) is 0 Å². The molecule has 116 valence electrons. The maximum absolute atomic E-state index is 12.3. The number of benzene rings is 1. The molecule has 0 bridgehead atoms. The Kier molecular flexibility index (Phi) is 4.30. The highest BCUT2D eigenvalue weighted by atomic mass is 32.2. The maximum Gasteiger partial charge on any atom is 0.156 e. The van der Waals surface area contributed by atoms with E-state index in [0.717, 1.165) is 15.6 Å². The Morgan fingerprint density at radius 2 is 2.14 bits per heavy atom. The highest BCUT2D eigenvalue weighted by molar-refractivity contribution is 7.90. The van der Waals surface area contributed by atoms with Crippen LogP contribution in [-0.4, -0.2) is 19.4 Å². The Morgan fingerprint density at radius 1 is 1.27 bits per heavy atom. The quantitative estimate of drug-likeness (QED) is 0.676. The lowest BCUT2D eigenvalue weighted by Gasteiger charge is -2.13. The minimum Gasteiger partial charge on any atom is -0.468 e. The average molecular weight is 337 g/mol. The smallest absolute Gasteiger partial charge is 0.156 e. The first kappa shape index (κ1) is 15.2. The van der Waals surface area contributed by atoms with Crippen molar-refractivity contribution in [1.82, 2.24) is 5.48 Å². The zero-order chi connectivity index (χ0) is 15.6. The van der Waals surface area contributed by atoms with Crippen LogP contribution < -0.4 is 5.48 Å². The molecule has 0 aliphatic rings. The molecule has 0 spiro atoms. The van der Waals surface area contributed by atoms with E-state index in [4.69, 9.17) is 9.62 Å². The van der Waals surface area contributed by atoms with Gasteiger partial charge in [0, 0.05) is 4.70 Å². The molecule has 2 heterocycles. The van der Waals surface area contributed by atoms with E-state index in [0.29, 0.717) is 5.76 Å². The normalized spacial score (nSPS) is 13.5. The molecular weight excluding hydrogens is 322 g/mol.